The first-order chi connectivity index (χ1) is 6.66. The van der Waals surface area contributed by atoms with Crippen molar-refractivity contribution in [2.75, 3.05) is 13.1 Å². The van der Waals surface area contributed by atoms with Gasteiger partial charge < -0.3 is 0 Å². The van der Waals surface area contributed by atoms with Crippen LogP contribution in [0.2, 0.25) is 5.02 Å². The summed E-state index contributed by atoms with van der Waals surface area (Å²) < 4.78 is 26.0. The highest BCUT2D eigenvalue weighted by Crippen LogP contribution is 2.24. The number of hydrogen-bond acceptors (Lipinski definition) is 1. The Balaban J connectivity index is 2.22. The molecule has 0 N–H and O–H groups in total. The highest BCUT2D eigenvalue weighted by molar-refractivity contribution is 6.31. The van der Waals surface area contributed by atoms with E-state index in [1.807, 2.05) is 0 Å². The topological polar surface area (TPSA) is 3.24 Å². The van der Waals surface area contributed by atoms with Gasteiger partial charge in [0.15, 0.2) is 0 Å². The van der Waals surface area contributed by atoms with Crippen LogP contribution in [0.4, 0.5) is 8.78 Å². The molecule has 0 amide bonds. The first-order valence-corrected chi connectivity index (χ1v) is 4.90. The minimum atomic E-state index is -0.625. The van der Waals surface area contributed by atoms with Crippen LogP contribution in [0.25, 0.3) is 0 Å². The third kappa shape index (κ3) is 1.88. The first-order valence-electron chi connectivity index (χ1n) is 4.52. The SMILES string of the molecule is Fc1cc(F)c(CN2CCC2)c(Cl)c1. The van der Waals surface area contributed by atoms with Crippen LogP contribution in [0.15, 0.2) is 12.1 Å². The zero-order valence-corrected chi connectivity index (χ0v) is 8.32. The van der Waals surface area contributed by atoms with Crippen LogP contribution in [-0.4, -0.2) is 18.0 Å². The van der Waals surface area contributed by atoms with Crippen LogP contribution < -0.4 is 0 Å². The second-order valence-corrected chi connectivity index (χ2v) is 3.88. The standard InChI is InChI=1S/C10H10ClF2N/c11-9-4-7(12)5-10(13)8(9)6-14-2-1-3-14/h4-5H,1-3,6H2. The van der Waals surface area contributed by atoms with Crippen LogP contribution in [0, 0.1) is 11.6 Å². The van der Waals surface area contributed by atoms with Gasteiger partial charge in [0.25, 0.3) is 0 Å². The molecule has 0 bridgehead atoms. The molecule has 1 heterocycles. The van der Waals surface area contributed by atoms with Crippen LogP contribution in [0.3, 0.4) is 0 Å². The summed E-state index contributed by atoms with van der Waals surface area (Å²) in [6.07, 6.45) is 1.14. The van der Waals surface area contributed by atoms with Gasteiger partial charge in [-0.3, -0.25) is 4.90 Å². The van der Waals surface area contributed by atoms with Gasteiger partial charge in [-0.1, -0.05) is 11.6 Å². The van der Waals surface area contributed by atoms with Crippen molar-refractivity contribution >= 4 is 11.6 Å². The van der Waals surface area contributed by atoms with E-state index in [0.29, 0.717) is 12.1 Å². The highest BCUT2D eigenvalue weighted by atomic mass is 35.5. The number of likely N-dealkylation sites (tertiary alicyclic amines) is 1. The van der Waals surface area contributed by atoms with Crippen LogP contribution >= 0.6 is 11.6 Å². The summed E-state index contributed by atoms with van der Waals surface area (Å²) in [6, 6.07) is 2.03. The van der Waals surface area contributed by atoms with Crippen molar-refractivity contribution in [2.24, 2.45) is 0 Å². The summed E-state index contributed by atoms with van der Waals surface area (Å²) in [5.41, 5.74) is 0.396. The number of benzene rings is 1. The molecule has 76 valence electrons. The van der Waals surface area contributed by atoms with Gasteiger partial charge in [0.1, 0.15) is 11.6 Å². The molecule has 1 aromatic carbocycles. The average Bonchev–Trinajstić information content (AvgIpc) is 1.98. The quantitative estimate of drug-likeness (QED) is 0.737. The number of halogens is 3. The Morgan fingerprint density at radius 2 is 2.00 bits per heavy atom. The van der Waals surface area contributed by atoms with E-state index < -0.39 is 11.6 Å². The molecule has 1 aliphatic heterocycles. The lowest BCUT2D eigenvalue weighted by molar-refractivity contribution is 0.170. The van der Waals surface area contributed by atoms with Gasteiger partial charge in [-0.05, 0) is 25.6 Å². The molecule has 1 aliphatic rings. The maximum Gasteiger partial charge on any atom is 0.132 e. The van der Waals surface area contributed by atoms with Crippen LogP contribution in [-0.2, 0) is 6.54 Å². The van der Waals surface area contributed by atoms with E-state index in [1.54, 1.807) is 0 Å². The van der Waals surface area contributed by atoms with Crippen molar-refractivity contribution in [1.29, 1.82) is 0 Å². The Morgan fingerprint density at radius 1 is 1.29 bits per heavy atom. The van der Waals surface area contributed by atoms with E-state index >= 15 is 0 Å². The van der Waals surface area contributed by atoms with Crippen molar-refractivity contribution in [1.82, 2.24) is 4.90 Å². The van der Waals surface area contributed by atoms with Gasteiger partial charge in [0, 0.05) is 18.2 Å². The van der Waals surface area contributed by atoms with Crippen molar-refractivity contribution in [3.05, 3.63) is 34.4 Å². The van der Waals surface area contributed by atoms with Crippen molar-refractivity contribution in [3.8, 4) is 0 Å². The summed E-state index contributed by atoms with van der Waals surface area (Å²) in [5, 5.41) is 0.175. The Kier molecular flexibility index (Phi) is 2.70. The fraction of sp³-hybridized carbons (Fsp3) is 0.400. The molecule has 4 heteroatoms. The minimum Gasteiger partial charge on any atom is -0.299 e. The van der Waals surface area contributed by atoms with Crippen molar-refractivity contribution < 1.29 is 8.78 Å². The smallest absolute Gasteiger partial charge is 0.132 e. The molecule has 0 atom stereocenters. The van der Waals surface area contributed by atoms with Gasteiger partial charge >= 0.3 is 0 Å². The monoisotopic (exact) mass is 217 g/mol. The molecule has 1 saturated heterocycles. The van der Waals surface area contributed by atoms with Crippen LogP contribution in [0.5, 0.6) is 0 Å². The third-order valence-electron chi connectivity index (χ3n) is 2.44. The summed E-state index contributed by atoms with van der Waals surface area (Å²) in [7, 11) is 0. The summed E-state index contributed by atoms with van der Waals surface area (Å²) in [5.74, 6) is -1.18. The Bertz CT molecular complexity index is 327. The molecule has 14 heavy (non-hydrogen) atoms. The molecule has 1 fully saturated rings. The summed E-state index contributed by atoms with van der Waals surface area (Å²) in [4.78, 5) is 2.07. The molecule has 2 rings (SSSR count). The molecular weight excluding hydrogens is 208 g/mol. The normalized spacial score (nSPS) is 16.8. The lowest BCUT2D eigenvalue weighted by atomic mass is 10.1. The van der Waals surface area contributed by atoms with Gasteiger partial charge in [-0.2, -0.15) is 0 Å². The largest absolute Gasteiger partial charge is 0.299 e. The fourth-order valence-corrected chi connectivity index (χ4v) is 1.74. The molecule has 1 nitrogen and oxygen atoms in total. The molecule has 0 aliphatic carbocycles. The van der Waals surface area contributed by atoms with E-state index in [1.165, 1.54) is 0 Å². The van der Waals surface area contributed by atoms with Crippen molar-refractivity contribution in [2.45, 2.75) is 13.0 Å². The minimum absolute atomic E-state index is 0.175. The Hall–Kier alpha value is -0.670. The molecule has 0 saturated carbocycles. The van der Waals surface area contributed by atoms with E-state index in [0.717, 1.165) is 31.6 Å². The van der Waals surface area contributed by atoms with E-state index in [-0.39, 0.29) is 5.02 Å². The number of rotatable bonds is 2. The highest BCUT2D eigenvalue weighted by Gasteiger charge is 2.18. The van der Waals surface area contributed by atoms with E-state index in [2.05, 4.69) is 4.90 Å². The van der Waals surface area contributed by atoms with Gasteiger partial charge in [-0.15, -0.1) is 0 Å². The summed E-state index contributed by atoms with van der Waals surface area (Å²) in [6.45, 7) is 2.41. The lowest BCUT2D eigenvalue weighted by Crippen LogP contribution is -2.36. The maximum absolute atomic E-state index is 13.3. The van der Waals surface area contributed by atoms with Gasteiger partial charge in [-0.25, -0.2) is 8.78 Å². The predicted octanol–water partition coefficient (Wildman–Crippen LogP) is 2.82. The number of nitrogens with zero attached hydrogens (tertiary/aromatic N) is 1. The fourth-order valence-electron chi connectivity index (χ4n) is 1.49. The Labute approximate surface area is 86.3 Å². The van der Waals surface area contributed by atoms with Crippen molar-refractivity contribution in [3.63, 3.8) is 0 Å². The van der Waals surface area contributed by atoms with Gasteiger partial charge in [0.05, 0.1) is 5.02 Å². The molecule has 0 spiro atoms. The molecule has 0 aromatic heterocycles. The lowest BCUT2D eigenvalue weighted by Gasteiger charge is -2.31. The van der Waals surface area contributed by atoms with E-state index in [4.69, 9.17) is 11.6 Å². The molecule has 0 unspecified atom stereocenters. The molecular formula is C10H10ClF2N. The number of hydrogen-bond donors (Lipinski definition) is 0. The predicted molar refractivity (Wildman–Crippen MR) is 51.3 cm³/mol. The average molecular weight is 218 g/mol. The van der Waals surface area contributed by atoms with Crippen LogP contribution in [0.1, 0.15) is 12.0 Å². The molecule has 1 aromatic rings. The second kappa shape index (κ2) is 3.83. The van der Waals surface area contributed by atoms with E-state index in [9.17, 15) is 8.78 Å². The zero-order valence-electron chi connectivity index (χ0n) is 7.56. The zero-order chi connectivity index (χ0) is 10.1. The Morgan fingerprint density at radius 3 is 2.50 bits per heavy atom. The molecule has 0 radical (unpaired) electrons. The summed E-state index contributed by atoms with van der Waals surface area (Å²) >= 11 is 5.75. The maximum atomic E-state index is 13.3. The third-order valence-corrected chi connectivity index (χ3v) is 2.77. The van der Waals surface area contributed by atoms with Gasteiger partial charge in [0.2, 0.25) is 0 Å². The second-order valence-electron chi connectivity index (χ2n) is 3.48. The first kappa shape index (κ1) is 9.87.